The van der Waals surface area contributed by atoms with E-state index in [9.17, 15) is 9.59 Å². The van der Waals surface area contributed by atoms with Gasteiger partial charge in [0.25, 0.3) is 0 Å². The summed E-state index contributed by atoms with van der Waals surface area (Å²) in [5.74, 6) is 1.51. The van der Waals surface area contributed by atoms with E-state index in [1.54, 1.807) is 0 Å². The van der Waals surface area contributed by atoms with E-state index < -0.39 is 0 Å². The summed E-state index contributed by atoms with van der Waals surface area (Å²) >= 11 is 0. The van der Waals surface area contributed by atoms with Crippen LogP contribution in [0.2, 0.25) is 0 Å². The molecule has 0 radical (unpaired) electrons. The van der Waals surface area contributed by atoms with Crippen molar-refractivity contribution in [2.75, 3.05) is 13.1 Å². The molecule has 29 heavy (non-hydrogen) atoms. The molecule has 0 spiro atoms. The van der Waals surface area contributed by atoms with Crippen LogP contribution in [-0.2, 0) is 16.0 Å². The Balaban J connectivity index is 1.74. The van der Waals surface area contributed by atoms with Gasteiger partial charge in [0.1, 0.15) is 5.78 Å². The molecule has 0 aromatic heterocycles. The number of carbonyl (C=O) groups excluding carboxylic acids is 2. The number of hydrogen-bond acceptors (Lipinski definition) is 2. The summed E-state index contributed by atoms with van der Waals surface area (Å²) in [6.07, 6.45) is 7.72. The Bertz CT molecular complexity index is 694. The molecular weight excluding hydrogens is 358 g/mol. The Morgan fingerprint density at radius 3 is 2.28 bits per heavy atom. The van der Waals surface area contributed by atoms with Crippen LogP contribution in [0.3, 0.4) is 0 Å². The Morgan fingerprint density at radius 1 is 1.03 bits per heavy atom. The van der Waals surface area contributed by atoms with E-state index in [0.29, 0.717) is 30.4 Å². The summed E-state index contributed by atoms with van der Waals surface area (Å²) < 4.78 is 0. The molecule has 1 aliphatic heterocycles. The van der Waals surface area contributed by atoms with Crippen LogP contribution in [0.25, 0.3) is 0 Å². The number of nitrogens with zero attached hydrogens (tertiary/aromatic N) is 1. The van der Waals surface area contributed by atoms with E-state index in [4.69, 9.17) is 0 Å². The van der Waals surface area contributed by atoms with Crippen LogP contribution in [0.15, 0.2) is 24.3 Å². The van der Waals surface area contributed by atoms with Gasteiger partial charge in [-0.05, 0) is 48.1 Å². The van der Waals surface area contributed by atoms with Crippen molar-refractivity contribution in [3.63, 3.8) is 0 Å². The molecule has 1 aromatic rings. The van der Waals surface area contributed by atoms with Gasteiger partial charge in [-0.2, -0.15) is 0 Å². The van der Waals surface area contributed by atoms with Crippen molar-refractivity contribution >= 4 is 11.7 Å². The second-order valence-corrected chi connectivity index (χ2v) is 10.6. The number of ketones is 1. The van der Waals surface area contributed by atoms with Crippen LogP contribution in [0.5, 0.6) is 0 Å². The molecule has 0 N–H and O–H groups in total. The van der Waals surface area contributed by atoms with Gasteiger partial charge < -0.3 is 4.90 Å². The molecule has 1 saturated heterocycles. The predicted octanol–water partition coefficient (Wildman–Crippen LogP) is 5.77. The molecule has 1 aromatic carbocycles. The summed E-state index contributed by atoms with van der Waals surface area (Å²) in [4.78, 5) is 28.0. The zero-order chi connectivity index (χ0) is 21.0. The molecule has 1 saturated carbocycles. The van der Waals surface area contributed by atoms with E-state index in [2.05, 4.69) is 56.9 Å². The number of amides is 1. The van der Waals surface area contributed by atoms with Crippen LogP contribution >= 0.6 is 0 Å². The van der Waals surface area contributed by atoms with E-state index in [1.165, 1.54) is 24.0 Å². The normalized spacial score (nSPS) is 23.4. The van der Waals surface area contributed by atoms with Crippen LogP contribution in [-0.4, -0.2) is 29.7 Å². The molecule has 2 atom stereocenters. The monoisotopic (exact) mass is 397 g/mol. The smallest absolute Gasteiger partial charge is 0.225 e. The van der Waals surface area contributed by atoms with Gasteiger partial charge in [-0.15, -0.1) is 0 Å². The highest BCUT2D eigenvalue weighted by atomic mass is 16.2. The fourth-order valence-electron chi connectivity index (χ4n) is 5.22. The summed E-state index contributed by atoms with van der Waals surface area (Å²) in [5.41, 5.74) is 2.69. The SMILES string of the molecule is CCc1ccc(C2CC(CC(=O)CC(C)(C)C)CN(C(=O)C3CCCC3)C2)cc1. The maximum atomic E-state index is 13.2. The van der Waals surface area contributed by atoms with Crippen molar-refractivity contribution < 1.29 is 9.59 Å². The third-order valence-corrected chi connectivity index (χ3v) is 6.66. The molecule has 1 amide bonds. The minimum absolute atomic E-state index is 0.0283. The molecule has 2 fully saturated rings. The fraction of sp³-hybridized carbons (Fsp3) is 0.692. The molecule has 160 valence electrons. The average molecular weight is 398 g/mol. The van der Waals surface area contributed by atoms with Crippen molar-refractivity contribution in [2.45, 2.75) is 85.0 Å². The number of hydrogen-bond donors (Lipinski definition) is 0. The zero-order valence-electron chi connectivity index (χ0n) is 18.9. The van der Waals surface area contributed by atoms with Gasteiger partial charge in [0.2, 0.25) is 5.91 Å². The molecule has 2 unspecified atom stereocenters. The van der Waals surface area contributed by atoms with E-state index >= 15 is 0 Å². The molecule has 0 bridgehead atoms. The number of aryl methyl sites for hydroxylation is 1. The molecule has 3 rings (SSSR count). The summed E-state index contributed by atoms with van der Waals surface area (Å²) in [7, 11) is 0. The lowest BCUT2D eigenvalue weighted by Crippen LogP contribution is -2.46. The number of rotatable bonds is 6. The fourth-order valence-corrected chi connectivity index (χ4v) is 5.22. The summed E-state index contributed by atoms with van der Waals surface area (Å²) in [6.45, 7) is 10.1. The molecule has 3 nitrogen and oxygen atoms in total. The Morgan fingerprint density at radius 2 is 1.69 bits per heavy atom. The molecule has 1 heterocycles. The number of Topliss-reactive ketones (excluding diaryl/α,β-unsaturated/α-hetero) is 1. The average Bonchev–Trinajstić information content (AvgIpc) is 3.20. The first-order valence-electron chi connectivity index (χ1n) is 11.6. The minimum atomic E-state index is 0.0283. The van der Waals surface area contributed by atoms with E-state index in [1.807, 2.05) is 0 Å². The highest BCUT2D eigenvalue weighted by Crippen LogP contribution is 2.36. The van der Waals surface area contributed by atoms with E-state index in [-0.39, 0.29) is 17.3 Å². The van der Waals surface area contributed by atoms with Crippen molar-refractivity contribution in [1.29, 1.82) is 0 Å². The minimum Gasteiger partial charge on any atom is -0.342 e. The van der Waals surface area contributed by atoms with Gasteiger partial charge in [-0.25, -0.2) is 0 Å². The van der Waals surface area contributed by atoms with E-state index in [0.717, 1.165) is 38.8 Å². The van der Waals surface area contributed by atoms with Gasteiger partial charge in [-0.1, -0.05) is 64.8 Å². The molecule has 2 aliphatic rings. The van der Waals surface area contributed by atoms with Gasteiger partial charge in [0, 0.05) is 37.8 Å². The molecule has 3 heteroatoms. The lowest BCUT2D eigenvalue weighted by molar-refractivity contribution is -0.138. The Kier molecular flexibility index (Phi) is 7.19. The van der Waals surface area contributed by atoms with Crippen LogP contribution in [0, 0.1) is 17.3 Å². The van der Waals surface area contributed by atoms with Crippen molar-refractivity contribution in [1.82, 2.24) is 4.90 Å². The van der Waals surface area contributed by atoms with Crippen LogP contribution in [0.4, 0.5) is 0 Å². The Labute approximate surface area is 177 Å². The standard InChI is InChI=1S/C26H39NO2/c1-5-19-10-12-21(13-11-19)23-14-20(15-24(28)16-26(2,3)4)17-27(18-23)25(29)22-8-6-7-9-22/h10-13,20,22-23H,5-9,14-18H2,1-4H3. The number of carbonyl (C=O) groups is 2. The van der Waals surface area contributed by atoms with Crippen molar-refractivity contribution in [2.24, 2.45) is 17.3 Å². The Hall–Kier alpha value is -1.64. The lowest BCUT2D eigenvalue weighted by atomic mass is 9.79. The summed E-state index contributed by atoms with van der Waals surface area (Å²) in [6, 6.07) is 8.90. The van der Waals surface area contributed by atoms with Crippen LogP contribution in [0.1, 0.15) is 89.7 Å². The number of likely N-dealkylation sites (tertiary alicyclic amines) is 1. The quantitative estimate of drug-likeness (QED) is 0.611. The molecule has 1 aliphatic carbocycles. The first-order valence-corrected chi connectivity index (χ1v) is 11.6. The van der Waals surface area contributed by atoms with Gasteiger partial charge in [-0.3, -0.25) is 9.59 Å². The lowest BCUT2D eigenvalue weighted by Gasteiger charge is -2.39. The van der Waals surface area contributed by atoms with Gasteiger partial charge in [0.05, 0.1) is 0 Å². The zero-order valence-corrected chi connectivity index (χ0v) is 18.9. The highest BCUT2D eigenvalue weighted by Gasteiger charge is 2.35. The van der Waals surface area contributed by atoms with Gasteiger partial charge in [0.15, 0.2) is 0 Å². The predicted molar refractivity (Wildman–Crippen MR) is 119 cm³/mol. The van der Waals surface area contributed by atoms with Crippen LogP contribution < -0.4 is 0 Å². The third kappa shape index (κ3) is 6.17. The maximum absolute atomic E-state index is 13.2. The topological polar surface area (TPSA) is 37.4 Å². The first-order chi connectivity index (χ1) is 13.7. The van der Waals surface area contributed by atoms with Crippen molar-refractivity contribution in [3.8, 4) is 0 Å². The maximum Gasteiger partial charge on any atom is 0.225 e. The number of piperidine rings is 1. The summed E-state index contributed by atoms with van der Waals surface area (Å²) in [5, 5.41) is 0. The second kappa shape index (κ2) is 9.45. The third-order valence-electron chi connectivity index (χ3n) is 6.66. The van der Waals surface area contributed by atoms with Gasteiger partial charge >= 0.3 is 0 Å². The van der Waals surface area contributed by atoms with Crippen molar-refractivity contribution in [3.05, 3.63) is 35.4 Å². The molecular formula is C26H39NO2. The number of benzene rings is 1. The largest absolute Gasteiger partial charge is 0.342 e. The highest BCUT2D eigenvalue weighted by molar-refractivity contribution is 5.80. The second-order valence-electron chi connectivity index (χ2n) is 10.6. The first kappa shape index (κ1) is 22.1.